The Morgan fingerprint density at radius 3 is 2.58 bits per heavy atom. The molecule has 1 heterocycles. The van der Waals surface area contributed by atoms with E-state index in [1.165, 1.54) is 18.2 Å². The van der Waals surface area contributed by atoms with Crippen LogP contribution >= 0.6 is 15.9 Å². The van der Waals surface area contributed by atoms with E-state index in [-0.39, 0.29) is 17.4 Å². The Kier molecular flexibility index (Phi) is 5.51. The highest BCUT2D eigenvalue weighted by Gasteiger charge is 2.29. The molecular formula is C18H16BrFN2O4. The summed E-state index contributed by atoms with van der Waals surface area (Å²) in [6.07, 6.45) is 0.978. The third kappa shape index (κ3) is 4.01. The number of hydrogen-bond donors (Lipinski definition) is 0. The van der Waals surface area contributed by atoms with Gasteiger partial charge in [-0.2, -0.15) is 0 Å². The molecule has 3 rings (SSSR count). The van der Waals surface area contributed by atoms with E-state index in [4.69, 9.17) is 4.74 Å². The average Bonchev–Trinajstić information content (AvgIpc) is 2.64. The van der Waals surface area contributed by atoms with Crippen molar-refractivity contribution in [2.45, 2.75) is 12.8 Å². The molecule has 0 amide bonds. The smallest absolute Gasteiger partial charge is 0.314 e. The van der Waals surface area contributed by atoms with E-state index >= 15 is 0 Å². The van der Waals surface area contributed by atoms with Gasteiger partial charge in [-0.15, -0.1) is 0 Å². The van der Waals surface area contributed by atoms with Crippen molar-refractivity contribution in [2.24, 2.45) is 5.92 Å². The molecule has 26 heavy (non-hydrogen) atoms. The van der Waals surface area contributed by atoms with Crippen molar-refractivity contribution in [1.82, 2.24) is 0 Å². The first-order chi connectivity index (χ1) is 12.5. The van der Waals surface area contributed by atoms with Crippen LogP contribution < -0.4 is 9.64 Å². The number of nitro benzene ring substituents is 1. The van der Waals surface area contributed by atoms with E-state index in [1.807, 2.05) is 4.90 Å². The van der Waals surface area contributed by atoms with Crippen molar-refractivity contribution in [3.05, 3.63) is 62.9 Å². The zero-order chi connectivity index (χ0) is 18.7. The molecule has 0 bridgehead atoms. The Morgan fingerprint density at radius 1 is 1.23 bits per heavy atom. The van der Waals surface area contributed by atoms with Gasteiger partial charge in [0, 0.05) is 23.6 Å². The lowest BCUT2D eigenvalue weighted by Crippen LogP contribution is -2.38. The first-order valence-electron chi connectivity index (χ1n) is 8.11. The summed E-state index contributed by atoms with van der Waals surface area (Å²) in [6, 6.07) is 10.8. The topological polar surface area (TPSA) is 72.7 Å². The van der Waals surface area contributed by atoms with E-state index in [1.54, 1.807) is 24.3 Å². The molecule has 0 saturated carbocycles. The van der Waals surface area contributed by atoms with Crippen molar-refractivity contribution in [3.63, 3.8) is 0 Å². The summed E-state index contributed by atoms with van der Waals surface area (Å²) in [5.74, 6) is -1.55. The number of anilines is 1. The monoisotopic (exact) mass is 422 g/mol. The first-order valence-corrected chi connectivity index (χ1v) is 8.90. The molecule has 1 aliphatic rings. The Morgan fingerprint density at radius 2 is 1.92 bits per heavy atom. The van der Waals surface area contributed by atoms with Gasteiger partial charge in [-0.05, 0) is 37.1 Å². The maximum absolute atomic E-state index is 13.8. The highest BCUT2D eigenvalue weighted by Crippen LogP contribution is 2.32. The number of esters is 1. The van der Waals surface area contributed by atoms with E-state index in [0.717, 1.165) is 0 Å². The number of benzene rings is 2. The van der Waals surface area contributed by atoms with Crippen LogP contribution in [0.5, 0.6) is 5.75 Å². The number of halogens is 2. The number of hydrogen-bond acceptors (Lipinski definition) is 5. The predicted molar refractivity (Wildman–Crippen MR) is 97.8 cm³/mol. The Balaban J connectivity index is 1.63. The van der Waals surface area contributed by atoms with Crippen LogP contribution in [0.25, 0.3) is 0 Å². The summed E-state index contributed by atoms with van der Waals surface area (Å²) in [6.45, 7) is 0.987. The summed E-state index contributed by atoms with van der Waals surface area (Å²) in [7, 11) is 0. The van der Waals surface area contributed by atoms with Gasteiger partial charge in [-0.1, -0.05) is 28.1 Å². The number of rotatable bonds is 4. The Labute approximate surface area is 157 Å². The minimum absolute atomic E-state index is 0.0467. The number of ether oxygens (including phenoxy) is 1. The molecule has 0 radical (unpaired) electrons. The second kappa shape index (κ2) is 7.82. The molecule has 136 valence electrons. The van der Waals surface area contributed by atoms with Crippen LogP contribution in [0.1, 0.15) is 12.8 Å². The van der Waals surface area contributed by atoms with Crippen LogP contribution in [0.15, 0.2) is 46.9 Å². The maximum Gasteiger partial charge on any atom is 0.314 e. The van der Waals surface area contributed by atoms with Crippen LogP contribution in [-0.4, -0.2) is 24.0 Å². The van der Waals surface area contributed by atoms with Crippen LogP contribution in [0.3, 0.4) is 0 Å². The van der Waals surface area contributed by atoms with Crippen molar-refractivity contribution in [3.8, 4) is 5.75 Å². The number of nitrogens with zero attached hydrogens (tertiary/aromatic N) is 2. The molecular weight excluding hydrogens is 407 g/mol. The molecule has 0 aliphatic carbocycles. The molecule has 0 aromatic heterocycles. The molecule has 2 aromatic carbocycles. The van der Waals surface area contributed by atoms with Crippen molar-refractivity contribution in [2.75, 3.05) is 18.0 Å². The van der Waals surface area contributed by atoms with Crippen molar-refractivity contribution < 1.29 is 18.8 Å². The lowest BCUT2D eigenvalue weighted by Gasteiger charge is -2.32. The van der Waals surface area contributed by atoms with Gasteiger partial charge >= 0.3 is 5.97 Å². The summed E-state index contributed by atoms with van der Waals surface area (Å²) in [5.41, 5.74) is 0.591. The SMILES string of the molecule is O=C(Oc1ccc(Br)cc1F)C1CCN(c2ccccc2[N+](=O)[O-])CC1. The number of para-hydroxylation sites is 2. The Hall–Kier alpha value is -2.48. The first kappa shape index (κ1) is 18.3. The van der Waals surface area contributed by atoms with Crippen molar-refractivity contribution in [1.29, 1.82) is 0 Å². The minimum atomic E-state index is -0.606. The number of piperidine rings is 1. The van der Waals surface area contributed by atoms with Gasteiger partial charge in [0.25, 0.3) is 5.69 Å². The van der Waals surface area contributed by atoms with Gasteiger partial charge in [-0.3, -0.25) is 14.9 Å². The second-order valence-corrected chi connectivity index (χ2v) is 6.92. The summed E-state index contributed by atoms with van der Waals surface area (Å²) in [4.78, 5) is 24.9. The quantitative estimate of drug-likeness (QED) is 0.317. The molecule has 6 nitrogen and oxygen atoms in total. The maximum atomic E-state index is 13.8. The summed E-state index contributed by atoms with van der Waals surface area (Å²) < 4.78 is 19.5. The summed E-state index contributed by atoms with van der Waals surface area (Å²) >= 11 is 3.15. The van der Waals surface area contributed by atoms with Crippen molar-refractivity contribution >= 4 is 33.3 Å². The Bertz CT molecular complexity index is 838. The number of carbonyl (C=O) groups is 1. The third-order valence-electron chi connectivity index (χ3n) is 4.35. The van der Waals surface area contributed by atoms with E-state index in [0.29, 0.717) is 36.1 Å². The number of nitro groups is 1. The lowest BCUT2D eigenvalue weighted by molar-refractivity contribution is -0.384. The zero-order valence-corrected chi connectivity index (χ0v) is 15.3. The fraction of sp³-hybridized carbons (Fsp3) is 0.278. The fourth-order valence-corrected chi connectivity index (χ4v) is 3.32. The normalized spacial score (nSPS) is 14.9. The molecule has 0 spiro atoms. The number of carbonyl (C=O) groups excluding carboxylic acids is 1. The molecule has 1 fully saturated rings. The van der Waals surface area contributed by atoms with Gasteiger partial charge in [0.05, 0.1) is 10.8 Å². The van der Waals surface area contributed by atoms with Crippen LogP contribution in [0.4, 0.5) is 15.8 Å². The molecule has 2 aromatic rings. The van der Waals surface area contributed by atoms with Gasteiger partial charge in [0.1, 0.15) is 5.69 Å². The average molecular weight is 423 g/mol. The highest BCUT2D eigenvalue weighted by molar-refractivity contribution is 9.10. The minimum Gasteiger partial charge on any atom is -0.423 e. The van der Waals surface area contributed by atoms with Gasteiger partial charge in [0.2, 0.25) is 0 Å². The predicted octanol–water partition coefficient (Wildman–Crippen LogP) is 4.32. The fourth-order valence-electron chi connectivity index (χ4n) is 2.99. The van der Waals surface area contributed by atoms with Gasteiger partial charge in [0.15, 0.2) is 11.6 Å². The van der Waals surface area contributed by atoms with E-state index in [2.05, 4.69) is 15.9 Å². The molecule has 1 saturated heterocycles. The van der Waals surface area contributed by atoms with Gasteiger partial charge < -0.3 is 9.64 Å². The molecule has 0 unspecified atom stereocenters. The van der Waals surface area contributed by atoms with Gasteiger partial charge in [-0.25, -0.2) is 4.39 Å². The third-order valence-corrected chi connectivity index (χ3v) is 4.85. The molecule has 0 atom stereocenters. The van der Waals surface area contributed by atoms with E-state index in [9.17, 15) is 19.3 Å². The second-order valence-electron chi connectivity index (χ2n) is 6.00. The summed E-state index contributed by atoms with van der Waals surface area (Å²) in [5, 5.41) is 11.2. The largest absolute Gasteiger partial charge is 0.423 e. The van der Waals surface area contributed by atoms with E-state index < -0.39 is 16.7 Å². The molecule has 0 N–H and O–H groups in total. The van der Waals surface area contributed by atoms with Crippen LogP contribution in [-0.2, 0) is 4.79 Å². The molecule has 1 aliphatic heterocycles. The molecule has 8 heteroatoms. The highest BCUT2D eigenvalue weighted by atomic mass is 79.9. The van der Waals surface area contributed by atoms with Crippen LogP contribution in [0.2, 0.25) is 0 Å². The standard InChI is InChI=1S/C18H16BrFN2O4/c19-13-5-6-17(14(20)11-13)26-18(23)12-7-9-21(10-8-12)15-3-1-2-4-16(15)22(24)25/h1-6,11-12H,7-10H2. The lowest BCUT2D eigenvalue weighted by atomic mass is 9.96. The van der Waals surface area contributed by atoms with Crippen LogP contribution in [0, 0.1) is 21.8 Å². The zero-order valence-electron chi connectivity index (χ0n) is 13.7.